The molecule has 0 aliphatic heterocycles. The normalized spacial score (nSPS) is 13.2. The molecule has 0 amide bonds. The number of rotatable bonds is 4. The smallest absolute Gasteiger partial charge is 0.337 e. The summed E-state index contributed by atoms with van der Waals surface area (Å²) in [5.74, 6) is 0.983. The van der Waals surface area contributed by atoms with E-state index in [4.69, 9.17) is 10.5 Å². The Labute approximate surface area is 153 Å². The second-order valence-corrected chi connectivity index (χ2v) is 7.93. The summed E-state index contributed by atoms with van der Waals surface area (Å²) in [4.78, 5) is 23.1. The van der Waals surface area contributed by atoms with Gasteiger partial charge in [-0.2, -0.15) is 0 Å². The summed E-state index contributed by atoms with van der Waals surface area (Å²) in [6, 6.07) is 7.37. The minimum absolute atomic E-state index is 0.327. The van der Waals surface area contributed by atoms with Gasteiger partial charge in [-0.1, -0.05) is 23.9 Å². The van der Waals surface area contributed by atoms with Gasteiger partial charge in [0.15, 0.2) is 5.16 Å². The molecule has 5 nitrogen and oxygen atoms in total. The van der Waals surface area contributed by atoms with Gasteiger partial charge in [0.2, 0.25) is 0 Å². The number of hydrogen-bond donors (Lipinski definition) is 1. The van der Waals surface area contributed by atoms with Crippen LogP contribution in [0.25, 0.3) is 10.2 Å². The Kier molecular flexibility index (Phi) is 4.35. The van der Waals surface area contributed by atoms with Gasteiger partial charge < -0.3 is 10.5 Å². The number of aromatic nitrogens is 2. The molecule has 0 saturated carbocycles. The fourth-order valence-corrected chi connectivity index (χ4v) is 5.20. The molecule has 1 aliphatic rings. The predicted molar refractivity (Wildman–Crippen MR) is 101 cm³/mol. The van der Waals surface area contributed by atoms with Crippen LogP contribution in [0.2, 0.25) is 0 Å². The number of nitrogens with zero attached hydrogens (tertiary/aromatic N) is 2. The quantitative estimate of drug-likeness (QED) is 0.426. The molecule has 7 heteroatoms. The number of anilines is 1. The van der Waals surface area contributed by atoms with Crippen LogP contribution in [0.15, 0.2) is 29.4 Å². The molecule has 1 aliphatic carbocycles. The summed E-state index contributed by atoms with van der Waals surface area (Å²) in [5, 5.41) is 1.76. The van der Waals surface area contributed by atoms with Crippen LogP contribution in [0, 0.1) is 0 Å². The number of thioether (sulfide) groups is 1. The molecule has 1 aromatic carbocycles. The van der Waals surface area contributed by atoms with Gasteiger partial charge in [0.25, 0.3) is 0 Å². The lowest BCUT2D eigenvalue weighted by molar-refractivity contribution is 0.0600. The number of esters is 1. The standard InChI is InChI=1S/C18H17N3O2S2/c1-23-17(22)11-7-5-10(6-8-11)9-24-18-20-15(19)14-12-3-2-4-13(12)25-16(14)21-18/h5-8H,2-4,9H2,1H3,(H2,19,20,21). The number of nitrogen functional groups attached to an aromatic ring is 1. The second-order valence-electron chi connectivity index (χ2n) is 5.91. The van der Waals surface area contributed by atoms with E-state index >= 15 is 0 Å². The van der Waals surface area contributed by atoms with Crippen LogP contribution < -0.4 is 5.73 Å². The largest absolute Gasteiger partial charge is 0.465 e. The highest BCUT2D eigenvalue weighted by Crippen LogP contribution is 2.39. The Bertz CT molecular complexity index is 951. The predicted octanol–water partition coefficient (Wildman–Crippen LogP) is 3.84. The van der Waals surface area contributed by atoms with E-state index in [0.717, 1.165) is 34.4 Å². The Morgan fingerprint density at radius 2 is 2.08 bits per heavy atom. The first-order valence-electron chi connectivity index (χ1n) is 8.03. The molecule has 3 aromatic rings. The average Bonchev–Trinajstić information content (AvgIpc) is 3.20. The number of thiophene rings is 1. The Balaban J connectivity index is 1.52. The molecular weight excluding hydrogens is 354 g/mol. The number of fused-ring (bicyclic) bond motifs is 3. The van der Waals surface area contributed by atoms with Crippen molar-refractivity contribution in [2.75, 3.05) is 12.8 Å². The molecule has 25 heavy (non-hydrogen) atoms. The number of aryl methyl sites for hydroxylation is 2. The molecule has 0 atom stereocenters. The molecule has 0 radical (unpaired) electrons. The molecule has 0 bridgehead atoms. The number of carbonyl (C=O) groups excluding carboxylic acids is 1. The lowest BCUT2D eigenvalue weighted by Crippen LogP contribution is -2.00. The topological polar surface area (TPSA) is 78.1 Å². The van der Waals surface area contributed by atoms with E-state index in [2.05, 4.69) is 9.97 Å². The lowest BCUT2D eigenvalue weighted by atomic mass is 10.1. The van der Waals surface area contributed by atoms with Crippen LogP contribution in [0.3, 0.4) is 0 Å². The minimum atomic E-state index is -0.327. The van der Waals surface area contributed by atoms with Crippen LogP contribution in [-0.4, -0.2) is 23.0 Å². The second kappa shape index (κ2) is 6.65. The summed E-state index contributed by atoms with van der Waals surface area (Å²) < 4.78 is 4.71. The molecule has 2 heterocycles. The van der Waals surface area contributed by atoms with Crippen molar-refractivity contribution >= 4 is 45.1 Å². The highest BCUT2D eigenvalue weighted by Gasteiger charge is 2.21. The maximum absolute atomic E-state index is 11.5. The van der Waals surface area contributed by atoms with Crippen molar-refractivity contribution in [1.29, 1.82) is 0 Å². The van der Waals surface area contributed by atoms with E-state index < -0.39 is 0 Å². The summed E-state index contributed by atoms with van der Waals surface area (Å²) in [6.45, 7) is 0. The van der Waals surface area contributed by atoms with Crippen molar-refractivity contribution < 1.29 is 9.53 Å². The van der Waals surface area contributed by atoms with Crippen molar-refractivity contribution in [2.24, 2.45) is 0 Å². The van der Waals surface area contributed by atoms with Crippen LogP contribution in [0.5, 0.6) is 0 Å². The minimum Gasteiger partial charge on any atom is -0.465 e. The van der Waals surface area contributed by atoms with E-state index in [-0.39, 0.29) is 5.97 Å². The van der Waals surface area contributed by atoms with E-state index in [9.17, 15) is 4.79 Å². The maximum atomic E-state index is 11.5. The number of carbonyl (C=O) groups is 1. The van der Waals surface area contributed by atoms with Crippen LogP contribution in [0.1, 0.15) is 32.8 Å². The van der Waals surface area contributed by atoms with Gasteiger partial charge in [0.05, 0.1) is 18.1 Å². The van der Waals surface area contributed by atoms with E-state index in [1.807, 2.05) is 12.1 Å². The monoisotopic (exact) mass is 371 g/mol. The van der Waals surface area contributed by atoms with Gasteiger partial charge in [-0.25, -0.2) is 14.8 Å². The van der Waals surface area contributed by atoms with E-state index in [0.29, 0.717) is 16.5 Å². The average molecular weight is 371 g/mol. The number of methoxy groups -OCH3 is 1. The fraction of sp³-hybridized carbons (Fsp3) is 0.278. The third-order valence-corrected chi connectivity index (χ3v) is 6.42. The highest BCUT2D eigenvalue weighted by molar-refractivity contribution is 7.98. The van der Waals surface area contributed by atoms with Crippen molar-refractivity contribution in [3.8, 4) is 0 Å². The summed E-state index contributed by atoms with van der Waals surface area (Å²) in [5.41, 5.74) is 9.20. The van der Waals surface area contributed by atoms with Crippen molar-refractivity contribution in [1.82, 2.24) is 9.97 Å². The van der Waals surface area contributed by atoms with Crippen LogP contribution in [-0.2, 0) is 23.3 Å². The number of hydrogen-bond acceptors (Lipinski definition) is 7. The Hall–Kier alpha value is -2.12. The molecule has 4 rings (SSSR count). The van der Waals surface area contributed by atoms with Gasteiger partial charge >= 0.3 is 5.97 Å². The van der Waals surface area contributed by atoms with Crippen molar-refractivity contribution in [3.05, 3.63) is 45.8 Å². The highest BCUT2D eigenvalue weighted by atomic mass is 32.2. The van der Waals surface area contributed by atoms with Gasteiger partial charge in [-0.15, -0.1) is 11.3 Å². The van der Waals surface area contributed by atoms with Gasteiger partial charge in [-0.05, 0) is 42.5 Å². The van der Waals surface area contributed by atoms with Crippen molar-refractivity contribution in [3.63, 3.8) is 0 Å². The van der Waals surface area contributed by atoms with E-state index in [1.54, 1.807) is 35.2 Å². The van der Waals surface area contributed by atoms with Gasteiger partial charge in [0.1, 0.15) is 10.6 Å². The number of benzene rings is 1. The van der Waals surface area contributed by atoms with E-state index in [1.165, 1.54) is 24.0 Å². The first kappa shape index (κ1) is 16.4. The number of ether oxygens (including phenoxy) is 1. The molecule has 2 aromatic heterocycles. The Morgan fingerprint density at radius 3 is 2.84 bits per heavy atom. The Morgan fingerprint density at radius 1 is 1.28 bits per heavy atom. The molecular formula is C18H17N3O2S2. The third-order valence-electron chi connectivity index (χ3n) is 4.32. The molecule has 0 spiro atoms. The molecule has 0 fully saturated rings. The van der Waals surface area contributed by atoms with Gasteiger partial charge in [-0.3, -0.25) is 0 Å². The zero-order valence-electron chi connectivity index (χ0n) is 13.7. The first-order chi connectivity index (χ1) is 12.2. The zero-order valence-corrected chi connectivity index (χ0v) is 15.4. The maximum Gasteiger partial charge on any atom is 0.337 e. The first-order valence-corrected chi connectivity index (χ1v) is 9.83. The molecule has 128 valence electrons. The SMILES string of the molecule is COC(=O)c1ccc(CSc2nc(N)c3c4c(sc3n2)CCC4)cc1. The molecule has 2 N–H and O–H groups in total. The number of nitrogens with two attached hydrogens (primary N) is 1. The van der Waals surface area contributed by atoms with Gasteiger partial charge in [0, 0.05) is 10.6 Å². The lowest BCUT2D eigenvalue weighted by Gasteiger charge is -2.05. The fourth-order valence-electron chi connectivity index (χ4n) is 3.07. The summed E-state index contributed by atoms with van der Waals surface area (Å²) in [6.07, 6.45) is 3.42. The zero-order chi connectivity index (χ0) is 17.4. The van der Waals surface area contributed by atoms with Crippen molar-refractivity contribution in [2.45, 2.75) is 30.2 Å². The summed E-state index contributed by atoms with van der Waals surface area (Å²) in [7, 11) is 1.38. The molecule has 0 unspecified atom stereocenters. The summed E-state index contributed by atoms with van der Waals surface area (Å²) >= 11 is 3.30. The van der Waals surface area contributed by atoms with Crippen LogP contribution in [0.4, 0.5) is 5.82 Å². The van der Waals surface area contributed by atoms with Crippen LogP contribution >= 0.6 is 23.1 Å². The molecule has 0 saturated heterocycles. The third kappa shape index (κ3) is 3.09.